The van der Waals surface area contributed by atoms with E-state index in [0.29, 0.717) is 18.1 Å². The summed E-state index contributed by atoms with van der Waals surface area (Å²) in [5, 5.41) is 0.876. The SMILES string of the molecule is CC(C)CCn1c(SCC(=O)N(C2CCCC2)C2CCS(=O)(=O)C2)nc2ccccc21. The molecule has 0 spiro atoms. The zero-order valence-corrected chi connectivity index (χ0v) is 20.1. The van der Waals surface area contributed by atoms with E-state index in [2.05, 4.69) is 24.5 Å². The number of hydrogen-bond acceptors (Lipinski definition) is 5. The first kappa shape index (κ1) is 22.6. The normalized spacial score (nSPS) is 21.3. The minimum atomic E-state index is -3.03. The molecule has 1 amide bonds. The average Bonchev–Trinajstić information content (AvgIpc) is 3.44. The maximum absolute atomic E-state index is 13.4. The third-order valence-corrected chi connectivity index (χ3v) is 9.19. The second-order valence-corrected chi connectivity index (χ2v) is 12.5. The molecule has 1 aromatic carbocycles. The summed E-state index contributed by atoms with van der Waals surface area (Å²) in [7, 11) is -3.03. The molecule has 2 heterocycles. The Morgan fingerprint density at radius 3 is 2.61 bits per heavy atom. The second kappa shape index (κ2) is 9.53. The number of hydrogen-bond donors (Lipinski definition) is 0. The minimum Gasteiger partial charge on any atom is -0.335 e. The molecule has 1 aliphatic carbocycles. The first-order valence-corrected chi connectivity index (χ1v) is 14.2. The van der Waals surface area contributed by atoms with Gasteiger partial charge in [-0.1, -0.05) is 50.6 Å². The Hall–Kier alpha value is -1.54. The number of amides is 1. The third kappa shape index (κ3) is 5.28. The van der Waals surface area contributed by atoms with E-state index < -0.39 is 9.84 Å². The van der Waals surface area contributed by atoms with Crippen LogP contribution < -0.4 is 0 Å². The molecule has 1 aliphatic heterocycles. The molecule has 0 radical (unpaired) electrons. The van der Waals surface area contributed by atoms with Crippen molar-refractivity contribution in [1.29, 1.82) is 0 Å². The highest BCUT2D eigenvalue weighted by Crippen LogP contribution is 2.31. The van der Waals surface area contributed by atoms with Crippen LogP contribution in [0.25, 0.3) is 11.0 Å². The zero-order chi connectivity index (χ0) is 22.0. The van der Waals surface area contributed by atoms with E-state index in [9.17, 15) is 13.2 Å². The number of aryl methyl sites for hydroxylation is 1. The molecule has 170 valence electrons. The Labute approximate surface area is 189 Å². The van der Waals surface area contributed by atoms with Gasteiger partial charge in [0.1, 0.15) is 0 Å². The van der Waals surface area contributed by atoms with Crippen LogP contribution in [-0.4, -0.2) is 58.1 Å². The van der Waals surface area contributed by atoms with Gasteiger partial charge in [0, 0.05) is 18.6 Å². The molecule has 1 unspecified atom stereocenters. The van der Waals surface area contributed by atoms with Gasteiger partial charge in [-0.05, 0) is 43.7 Å². The van der Waals surface area contributed by atoms with E-state index in [4.69, 9.17) is 4.98 Å². The standard InChI is InChI=1S/C23H33N3O3S2/c1-17(2)11-13-25-21-10-6-5-9-20(21)24-23(25)30-15-22(27)26(18-7-3-4-8-18)19-12-14-31(28,29)16-19/h5-6,9-10,17-19H,3-4,7-8,11-16H2,1-2H3. The van der Waals surface area contributed by atoms with E-state index in [1.807, 2.05) is 23.1 Å². The number of imidazole rings is 1. The number of para-hydroxylation sites is 2. The molecule has 1 saturated carbocycles. The Morgan fingerprint density at radius 2 is 1.94 bits per heavy atom. The van der Waals surface area contributed by atoms with Crippen molar-refractivity contribution in [2.45, 2.75) is 76.2 Å². The summed E-state index contributed by atoms with van der Waals surface area (Å²) in [6.07, 6.45) is 5.83. The molecule has 8 heteroatoms. The van der Waals surface area contributed by atoms with E-state index in [1.165, 1.54) is 11.8 Å². The molecule has 2 aromatic rings. The number of benzene rings is 1. The van der Waals surface area contributed by atoms with Gasteiger partial charge in [-0.2, -0.15) is 0 Å². The van der Waals surface area contributed by atoms with Crippen LogP contribution in [0.2, 0.25) is 0 Å². The van der Waals surface area contributed by atoms with Gasteiger partial charge in [0.05, 0.1) is 28.3 Å². The van der Waals surface area contributed by atoms with Crippen LogP contribution in [0, 0.1) is 5.92 Å². The summed E-state index contributed by atoms with van der Waals surface area (Å²) >= 11 is 1.49. The number of sulfone groups is 1. The van der Waals surface area contributed by atoms with Crippen LogP contribution >= 0.6 is 11.8 Å². The highest BCUT2D eigenvalue weighted by atomic mass is 32.2. The predicted molar refractivity (Wildman–Crippen MR) is 126 cm³/mol. The van der Waals surface area contributed by atoms with Gasteiger partial charge in [0.25, 0.3) is 0 Å². The number of fused-ring (bicyclic) bond motifs is 1. The van der Waals surface area contributed by atoms with Crippen molar-refractivity contribution in [3.8, 4) is 0 Å². The van der Waals surface area contributed by atoms with Crippen molar-refractivity contribution in [3.63, 3.8) is 0 Å². The van der Waals surface area contributed by atoms with Crippen molar-refractivity contribution >= 4 is 38.5 Å². The molecule has 4 rings (SSSR count). The van der Waals surface area contributed by atoms with E-state index in [-0.39, 0.29) is 29.5 Å². The quantitative estimate of drug-likeness (QED) is 0.551. The van der Waals surface area contributed by atoms with Crippen molar-refractivity contribution in [1.82, 2.24) is 14.5 Å². The van der Waals surface area contributed by atoms with Gasteiger partial charge in [-0.3, -0.25) is 4.79 Å². The number of nitrogens with zero attached hydrogens (tertiary/aromatic N) is 3. The zero-order valence-electron chi connectivity index (χ0n) is 18.5. The Balaban J connectivity index is 1.52. The van der Waals surface area contributed by atoms with Crippen LogP contribution in [0.3, 0.4) is 0 Å². The van der Waals surface area contributed by atoms with Crippen LogP contribution in [0.1, 0.15) is 52.4 Å². The lowest BCUT2D eigenvalue weighted by Gasteiger charge is -2.34. The fraction of sp³-hybridized carbons (Fsp3) is 0.652. The predicted octanol–water partition coefficient (Wildman–Crippen LogP) is 4.13. The molecule has 2 aliphatic rings. The fourth-order valence-corrected chi connectivity index (χ4v) is 7.47. The van der Waals surface area contributed by atoms with Crippen molar-refractivity contribution in [3.05, 3.63) is 24.3 Å². The Kier molecular flexibility index (Phi) is 6.96. The van der Waals surface area contributed by atoms with Crippen molar-refractivity contribution in [2.24, 2.45) is 5.92 Å². The monoisotopic (exact) mass is 463 g/mol. The minimum absolute atomic E-state index is 0.0569. The van der Waals surface area contributed by atoms with E-state index in [1.54, 1.807) is 0 Å². The topological polar surface area (TPSA) is 72.3 Å². The lowest BCUT2D eigenvalue weighted by Crippen LogP contribution is -2.47. The summed E-state index contributed by atoms with van der Waals surface area (Å²) in [6, 6.07) is 8.14. The summed E-state index contributed by atoms with van der Waals surface area (Å²) in [5.41, 5.74) is 2.06. The van der Waals surface area contributed by atoms with Crippen molar-refractivity contribution < 1.29 is 13.2 Å². The Morgan fingerprint density at radius 1 is 1.19 bits per heavy atom. The third-order valence-electron chi connectivity index (χ3n) is 6.48. The lowest BCUT2D eigenvalue weighted by molar-refractivity contribution is -0.132. The maximum Gasteiger partial charge on any atom is 0.233 e. The summed E-state index contributed by atoms with van der Waals surface area (Å²) in [4.78, 5) is 20.1. The van der Waals surface area contributed by atoms with E-state index >= 15 is 0 Å². The molecule has 1 saturated heterocycles. The fourth-order valence-electron chi connectivity index (χ4n) is 4.85. The Bertz CT molecular complexity index is 1030. The second-order valence-electron chi connectivity index (χ2n) is 9.30. The molecular weight excluding hydrogens is 430 g/mol. The molecule has 6 nitrogen and oxygen atoms in total. The van der Waals surface area contributed by atoms with Gasteiger partial charge in [0.15, 0.2) is 15.0 Å². The van der Waals surface area contributed by atoms with Gasteiger partial charge in [-0.25, -0.2) is 13.4 Å². The smallest absolute Gasteiger partial charge is 0.233 e. The van der Waals surface area contributed by atoms with Crippen LogP contribution in [-0.2, 0) is 21.2 Å². The van der Waals surface area contributed by atoms with Gasteiger partial charge >= 0.3 is 0 Å². The maximum atomic E-state index is 13.4. The number of thioether (sulfide) groups is 1. The number of carbonyl (C=O) groups is 1. The summed E-state index contributed by atoms with van der Waals surface area (Å²) < 4.78 is 26.4. The van der Waals surface area contributed by atoms with Gasteiger partial charge in [-0.15, -0.1) is 0 Å². The molecule has 0 bridgehead atoms. The van der Waals surface area contributed by atoms with Crippen molar-refractivity contribution in [2.75, 3.05) is 17.3 Å². The largest absolute Gasteiger partial charge is 0.335 e. The molecule has 1 aromatic heterocycles. The summed E-state index contributed by atoms with van der Waals surface area (Å²) in [5.74, 6) is 1.27. The van der Waals surface area contributed by atoms with Crippen LogP contribution in [0.4, 0.5) is 0 Å². The average molecular weight is 464 g/mol. The number of carbonyl (C=O) groups excluding carboxylic acids is 1. The molecule has 2 fully saturated rings. The molecule has 31 heavy (non-hydrogen) atoms. The molecule has 0 N–H and O–H groups in total. The van der Waals surface area contributed by atoms with Crippen LogP contribution in [0.5, 0.6) is 0 Å². The summed E-state index contributed by atoms with van der Waals surface area (Å²) in [6.45, 7) is 5.30. The molecule has 1 atom stereocenters. The highest BCUT2D eigenvalue weighted by molar-refractivity contribution is 7.99. The van der Waals surface area contributed by atoms with Gasteiger partial charge < -0.3 is 9.47 Å². The van der Waals surface area contributed by atoms with Crippen LogP contribution in [0.15, 0.2) is 29.4 Å². The number of aromatic nitrogens is 2. The van der Waals surface area contributed by atoms with Gasteiger partial charge in [0.2, 0.25) is 5.91 Å². The highest BCUT2D eigenvalue weighted by Gasteiger charge is 2.39. The lowest BCUT2D eigenvalue weighted by atomic mass is 10.1. The number of rotatable bonds is 8. The van der Waals surface area contributed by atoms with E-state index in [0.717, 1.165) is 54.8 Å². The first-order chi connectivity index (χ1) is 14.8. The molecular formula is C23H33N3O3S2. The first-order valence-electron chi connectivity index (χ1n) is 11.4.